The fourth-order valence-corrected chi connectivity index (χ4v) is 4.55. The minimum absolute atomic E-state index is 0.127. The van der Waals surface area contributed by atoms with Crippen molar-refractivity contribution in [2.45, 2.75) is 45.6 Å². The van der Waals surface area contributed by atoms with Crippen LogP contribution in [0.4, 0.5) is 0 Å². The number of rotatable bonds is 6. The summed E-state index contributed by atoms with van der Waals surface area (Å²) >= 11 is 0. The van der Waals surface area contributed by atoms with Gasteiger partial charge in [-0.05, 0) is 38.3 Å². The zero-order chi connectivity index (χ0) is 21.8. The van der Waals surface area contributed by atoms with Gasteiger partial charge in [-0.3, -0.25) is 9.79 Å². The van der Waals surface area contributed by atoms with Crippen molar-refractivity contribution in [3.63, 3.8) is 0 Å². The first-order valence-electron chi connectivity index (χ1n) is 10.8. The van der Waals surface area contributed by atoms with E-state index in [-0.39, 0.29) is 12.4 Å². The Labute approximate surface area is 182 Å². The SMILES string of the molecule is CCOc1ccccc1[C@H]1C(C(=O)OCc2ccccc2)=C(C)N=C2CCCC(=O)C21. The fourth-order valence-electron chi connectivity index (χ4n) is 4.55. The molecule has 1 unspecified atom stereocenters. The molecule has 1 fully saturated rings. The summed E-state index contributed by atoms with van der Waals surface area (Å²) in [7, 11) is 0. The molecule has 0 saturated heterocycles. The zero-order valence-corrected chi connectivity index (χ0v) is 18.0. The molecule has 5 heteroatoms. The van der Waals surface area contributed by atoms with E-state index in [9.17, 15) is 9.59 Å². The van der Waals surface area contributed by atoms with E-state index < -0.39 is 17.8 Å². The molecular weight excluding hydrogens is 390 g/mol. The third-order valence-corrected chi connectivity index (χ3v) is 5.89. The average Bonchev–Trinajstić information content (AvgIpc) is 2.78. The van der Waals surface area contributed by atoms with E-state index in [1.54, 1.807) is 0 Å². The van der Waals surface area contributed by atoms with Gasteiger partial charge in [0.15, 0.2) is 0 Å². The molecule has 0 bridgehead atoms. The van der Waals surface area contributed by atoms with E-state index >= 15 is 0 Å². The lowest BCUT2D eigenvalue weighted by atomic mass is 9.69. The molecule has 1 saturated carbocycles. The fraction of sp³-hybridized carbons (Fsp3) is 0.346. The number of hydrogen-bond donors (Lipinski definition) is 0. The van der Waals surface area contributed by atoms with Crippen molar-refractivity contribution in [2.24, 2.45) is 10.9 Å². The summed E-state index contributed by atoms with van der Waals surface area (Å²) in [5, 5.41) is 0. The molecule has 5 nitrogen and oxygen atoms in total. The van der Waals surface area contributed by atoms with Gasteiger partial charge in [-0.2, -0.15) is 0 Å². The van der Waals surface area contributed by atoms with E-state index in [1.165, 1.54) is 0 Å². The van der Waals surface area contributed by atoms with Gasteiger partial charge in [0, 0.05) is 29.3 Å². The van der Waals surface area contributed by atoms with Crippen LogP contribution in [-0.4, -0.2) is 24.1 Å². The standard InChI is InChI=1S/C26H27NO4/c1-3-30-22-15-8-7-12-19(22)24-23(26(29)31-16-18-10-5-4-6-11-18)17(2)27-20-13-9-14-21(28)25(20)24/h4-8,10-12,15,24-25H,3,9,13-14,16H2,1-2H3/t24-,25?/m0/s1. The molecule has 0 spiro atoms. The van der Waals surface area contributed by atoms with Gasteiger partial charge in [-0.1, -0.05) is 48.5 Å². The minimum atomic E-state index is -0.452. The summed E-state index contributed by atoms with van der Waals surface area (Å²) in [5.74, 6) is -0.513. The van der Waals surface area contributed by atoms with Gasteiger partial charge in [0.2, 0.25) is 0 Å². The van der Waals surface area contributed by atoms with Gasteiger partial charge >= 0.3 is 5.97 Å². The number of ketones is 1. The second-order valence-electron chi connectivity index (χ2n) is 7.91. The number of para-hydroxylation sites is 1. The molecule has 1 heterocycles. The Morgan fingerprint density at radius 2 is 1.77 bits per heavy atom. The van der Waals surface area contributed by atoms with Gasteiger partial charge in [-0.15, -0.1) is 0 Å². The van der Waals surface area contributed by atoms with Crippen LogP contribution in [0.5, 0.6) is 5.75 Å². The Morgan fingerprint density at radius 1 is 1.03 bits per heavy atom. The number of hydrogen-bond acceptors (Lipinski definition) is 5. The lowest BCUT2D eigenvalue weighted by molar-refractivity contribution is -0.140. The van der Waals surface area contributed by atoms with Gasteiger partial charge in [-0.25, -0.2) is 4.79 Å². The third-order valence-electron chi connectivity index (χ3n) is 5.89. The van der Waals surface area contributed by atoms with Gasteiger partial charge < -0.3 is 9.47 Å². The molecule has 31 heavy (non-hydrogen) atoms. The number of fused-ring (bicyclic) bond motifs is 1. The molecule has 160 valence electrons. The second-order valence-corrected chi connectivity index (χ2v) is 7.91. The highest BCUT2D eigenvalue weighted by atomic mass is 16.5. The van der Waals surface area contributed by atoms with Crippen molar-refractivity contribution in [2.75, 3.05) is 6.61 Å². The summed E-state index contributed by atoms with van der Waals surface area (Å²) in [4.78, 5) is 31.1. The molecule has 1 aliphatic heterocycles. The largest absolute Gasteiger partial charge is 0.494 e. The highest BCUT2D eigenvalue weighted by Crippen LogP contribution is 2.45. The average molecular weight is 418 g/mol. The van der Waals surface area contributed by atoms with E-state index in [1.807, 2.05) is 68.4 Å². The summed E-state index contributed by atoms with van der Waals surface area (Å²) in [6.07, 6.45) is 2.07. The normalized spacial score (nSPS) is 20.7. The first kappa shape index (κ1) is 21.0. The lowest BCUT2D eigenvalue weighted by Gasteiger charge is -2.36. The molecule has 0 amide bonds. The highest BCUT2D eigenvalue weighted by molar-refractivity contribution is 6.11. The Balaban J connectivity index is 1.75. The van der Waals surface area contributed by atoms with Crippen LogP contribution in [0.2, 0.25) is 0 Å². The van der Waals surface area contributed by atoms with Crippen LogP contribution in [0.3, 0.4) is 0 Å². The number of esters is 1. The maximum Gasteiger partial charge on any atom is 0.336 e. The monoisotopic (exact) mass is 417 g/mol. The smallest absolute Gasteiger partial charge is 0.336 e. The summed E-state index contributed by atoms with van der Waals surface area (Å²) in [6, 6.07) is 17.2. The highest BCUT2D eigenvalue weighted by Gasteiger charge is 2.44. The number of aliphatic imine (C=N–C) groups is 1. The molecule has 4 rings (SSSR count). The number of carbonyl (C=O) groups is 2. The first-order valence-corrected chi connectivity index (χ1v) is 10.8. The molecule has 2 aliphatic rings. The van der Waals surface area contributed by atoms with Gasteiger partial charge in [0.1, 0.15) is 18.1 Å². The van der Waals surface area contributed by atoms with Crippen LogP contribution in [0.25, 0.3) is 0 Å². The van der Waals surface area contributed by atoms with Crippen LogP contribution in [0.15, 0.2) is 70.9 Å². The van der Waals surface area contributed by atoms with Crippen molar-refractivity contribution in [3.05, 3.63) is 77.0 Å². The number of allylic oxidation sites excluding steroid dienone is 1. The molecule has 1 aliphatic carbocycles. The number of ether oxygens (including phenoxy) is 2. The summed E-state index contributed by atoms with van der Waals surface area (Å²) < 4.78 is 11.6. The maximum atomic E-state index is 13.3. The van der Waals surface area contributed by atoms with E-state index in [2.05, 4.69) is 0 Å². The van der Waals surface area contributed by atoms with E-state index in [0.717, 1.165) is 29.7 Å². The van der Waals surface area contributed by atoms with E-state index in [0.29, 0.717) is 30.0 Å². The number of Topliss-reactive ketones (excluding diaryl/α,β-unsaturated/α-hetero) is 1. The van der Waals surface area contributed by atoms with Crippen molar-refractivity contribution in [1.82, 2.24) is 0 Å². The number of benzene rings is 2. The van der Waals surface area contributed by atoms with Gasteiger partial charge in [0.05, 0.1) is 18.1 Å². The third kappa shape index (κ3) is 4.31. The predicted molar refractivity (Wildman–Crippen MR) is 119 cm³/mol. The van der Waals surface area contributed by atoms with Crippen molar-refractivity contribution < 1.29 is 19.1 Å². The lowest BCUT2D eigenvalue weighted by Crippen LogP contribution is -2.39. The van der Waals surface area contributed by atoms with Crippen molar-refractivity contribution in [1.29, 1.82) is 0 Å². The second kappa shape index (κ2) is 9.29. The molecule has 0 radical (unpaired) electrons. The Hall–Kier alpha value is -3.21. The Morgan fingerprint density at radius 3 is 2.55 bits per heavy atom. The predicted octanol–water partition coefficient (Wildman–Crippen LogP) is 5.01. The topological polar surface area (TPSA) is 65.0 Å². The van der Waals surface area contributed by atoms with Crippen LogP contribution in [-0.2, 0) is 20.9 Å². The van der Waals surface area contributed by atoms with Gasteiger partial charge in [0.25, 0.3) is 0 Å². The first-order chi connectivity index (χ1) is 15.1. The summed E-state index contributed by atoms with van der Waals surface area (Å²) in [5.41, 5.74) is 3.68. The van der Waals surface area contributed by atoms with Crippen LogP contribution in [0.1, 0.15) is 50.2 Å². The van der Waals surface area contributed by atoms with E-state index in [4.69, 9.17) is 14.5 Å². The molecule has 2 atom stereocenters. The van der Waals surface area contributed by atoms with Crippen molar-refractivity contribution >= 4 is 17.5 Å². The minimum Gasteiger partial charge on any atom is -0.494 e. The molecule has 0 N–H and O–H groups in total. The molecule has 2 aromatic rings. The quantitative estimate of drug-likeness (QED) is 0.620. The molecular formula is C26H27NO4. The molecule has 2 aromatic carbocycles. The molecule has 0 aromatic heterocycles. The summed E-state index contributed by atoms with van der Waals surface area (Å²) in [6.45, 7) is 4.43. The zero-order valence-electron chi connectivity index (χ0n) is 18.0. The number of nitrogens with zero attached hydrogens (tertiary/aromatic N) is 1. The Kier molecular flexibility index (Phi) is 6.31. The number of carbonyl (C=O) groups excluding carboxylic acids is 2. The Bertz CT molecular complexity index is 1040. The van der Waals surface area contributed by atoms with Crippen LogP contribution >= 0.6 is 0 Å². The van der Waals surface area contributed by atoms with Crippen LogP contribution < -0.4 is 4.74 Å². The van der Waals surface area contributed by atoms with Crippen molar-refractivity contribution in [3.8, 4) is 5.75 Å². The maximum absolute atomic E-state index is 13.3. The van der Waals surface area contributed by atoms with Crippen LogP contribution in [0, 0.1) is 5.92 Å².